The molecule has 140 valence electrons. The number of hydrogen-bond donors (Lipinski definition) is 1. The van der Waals surface area contributed by atoms with Crippen LogP contribution in [0, 0.1) is 29.6 Å². The van der Waals surface area contributed by atoms with Crippen LogP contribution in [0.5, 0.6) is 0 Å². The van der Waals surface area contributed by atoms with E-state index >= 15 is 0 Å². The molecule has 1 N–H and O–H groups in total. The summed E-state index contributed by atoms with van der Waals surface area (Å²) in [7, 11) is 0. The van der Waals surface area contributed by atoms with Gasteiger partial charge < -0.3 is 5.11 Å². The normalized spacial score (nSPS) is 41.2. The highest BCUT2D eigenvalue weighted by Crippen LogP contribution is 2.45. The summed E-state index contributed by atoms with van der Waals surface area (Å²) in [6.07, 6.45) is 22.7. The SMILES string of the molecule is CCCCC[C@H]1CC[C@H](C2CCC([C@H]3CCC[C@@H](O)C3)CC2)CC1. The summed E-state index contributed by atoms with van der Waals surface area (Å²) in [6, 6.07) is 0. The van der Waals surface area contributed by atoms with Crippen LogP contribution in [0.1, 0.15) is 110 Å². The lowest BCUT2D eigenvalue weighted by atomic mass is 9.65. The fourth-order valence-corrected chi connectivity index (χ4v) is 6.35. The first-order valence-electron chi connectivity index (χ1n) is 11.4. The van der Waals surface area contributed by atoms with Crippen molar-refractivity contribution < 1.29 is 5.11 Å². The van der Waals surface area contributed by atoms with Gasteiger partial charge in [-0.05, 0) is 87.4 Å². The van der Waals surface area contributed by atoms with Gasteiger partial charge in [0.2, 0.25) is 0 Å². The van der Waals surface area contributed by atoms with Crippen LogP contribution in [-0.2, 0) is 0 Å². The van der Waals surface area contributed by atoms with Crippen LogP contribution in [0.25, 0.3) is 0 Å². The van der Waals surface area contributed by atoms with Crippen molar-refractivity contribution in [3.63, 3.8) is 0 Å². The van der Waals surface area contributed by atoms with Crippen LogP contribution in [0.4, 0.5) is 0 Å². The maximum Gasteiger partial charge on any atom is 0.0543 e. The Morgan fingerprint density at radius 1 is 0.667 bits per heavy atom. The average Bonchev–Trinajstić information content (AvgIpc) is 2.63. The molecule has 0 radical (unpaired) electrons. The van der Waals surface area contributed by atoms with E-state index in [1.54, 1.807) is 0 Å². The number of hydrogen-bond acceptors (Lipinski definition) is 1. The molecule has 0 saturated heterocycles. The highest BCUT2D eigenvalue weighted by Gasteiger charge is 2.34. The van der Waals surface area contributed by atoms with Crippen molar-refractivity contribution in [2.75, 3.05) is 0 Å². The highest BCUT2D eigenvalue weighted by molar-refractivity contribution is 4.86. The van der Waals surface area contributed by atoms with Gasteiger partial charge in [-0.3, -0.25) is 0 Å². The van der Waals surface area contributed by atoms with E-state index in [9.17, 15) is 5.11 Å². The summed E-state index contributed by atoms with van der Waals surface area (Å²) in [4.78, 5) is 0. The topological polar surface area (TPSA) is 20.2 Å². The number of aliphatic hydroxyl groups excluding tert-OH is 1. The molecule has 1 heteroatoms. The van der Waals surface area contributed by atoms with E-state index < -0.39 is 0 Å². The molecule has 3 fully saturated rings. The first-order valence-corrected chi connectivity index (χ1v) is 11.4. The molecule has 3 saturated carbocycles. The van der Waals surface area contributed by atoms with Gasteiger partial charge in [-0.25, -0.2) is 0 Å². The molecular formula is C23H42O. The summed E-state index contributed by atoms with van der Waals surface area (Å²) >= 11 is 0. The Balaban J connectivity index is 1.35. The summed E-state index contributed by atoms with van der Waals surface area (Å²) < 4.78 is 0. The van der Waals surface area contributed by atoms with Gasteiger partial charge >= 0.3 is 0 Å². The quantitative estimate of drug-likeness (QED) is 0.534. The van der Waals surface area contributed by atoms with Crippen molar-refractivity contribution in [3.05, 3.63) is 0 Å². The predicted molar refractivity (Wildman–Crippen MR) is 103 cm³/mol. The average molecular weight is 335 g/mol. The number of unbranched alkanes of at least 4 members (excludes halogenated alkanes) is 2. The van der Waals surface area contributed by atoms with Crippen molar-refractivity contribution in [1.29, 1.82) is 0 Å². The second kappa shape index (κ2) is 9.60. The molecule has 2 atom stereocenters. The molecule has 0 unspecified atom stereocenters. The molecule has 3 aliphatic rings. The van der Waals surface area contributed by atoms with Crippen molar-refractivity contribution in [2.45, 2.75) is 116 Å². The third-order valence-electron chi connectivity index (χ3n) is 7.94. The van der Waals surface area contributed by atoms with Crippen molar-refractivity contribution in [1.82, 2.24) is 0 Å². The van der Waals surface area contributed by atoms with E-state index in [-0.39, 0.29) is 6.10 Å². The van der Waals surface area contributed by atoms with Crippen LogP contribution >= 0.6 is 0 Å². The second-order valence-corrected chi connectivity index (χ2v) is 9.53. The zero-order valence-electron chi connectivity index (χ0n) is 16.2. The molecule has 1 nitrogen and oxygen atoms in total. The van der Waals surface area contributed by atoms with Crippen LogP contribution in [0.15, 0.2) is 0 Å². The minimum Gasteiger partial charge on any atom is -0.393 e. The summed E-state index contributed by atoms with van der Waals surface area (Å²) in [6.45, 7) is 2.32. The van der Waals surface area contributed by atoms with Crippen molar-refractivity contribution in [2.24, 2.45) is 29.6 Å². The molecule has 0 heterocycles. The Bertz CT molecular complexity index is 336. The van der Waals surface area contributed by atoms with E-state index in [0.29, 0.717) is 0 Å². The second-order valence-electron chi connectivity index (χ2n) is 9.53. The fourth-order valence-electron chi connectivity index (χ4n) is 6.35. The molecule has 0 aromatic carbocycles. The first kappa shape index (κ1) is 18.7. The summed E-state index contributed by atoms with van der Waals surface area (Å²) in [5.74, 6) is 4.97. The van der Waals surface area contributed by atoms with Gasteiger partial charge in [-0.2, -0.15) is 0 Å². The van der Waals surface area contributed by atoms with Gasteiger partial charge in [0.15, 0.2) is 0 Å². The monoisotopic (exact) mass is 334 g/mol. The van der Waals surface area contributed by atoms with Gasteiger partial charge in [0.1, 0.15) is 0 Å². The molecule has 3 rings (SSSR count). The Morgan fingerprint density at radius 2 is 1.25 bits per heavy atom. The van der Waals surface area contributed by atoms with Gasteiger partial charge in [-0.1, -0.05) is 51.9 Å². The number of rotatable bonds is 6. The standard InChI is InChI=1S/C23H42O/c1-2-3-4-6-18-9-11-19(12-10-18)20-13-15-21(16-14-20)22-7-5-8-23(24)17-22/h18-24H,2-17H2,1H3/t18-,19-,20?,21?,22-,23+/m0/s1. The van der Waals surface area contributed by atoms with Crippen LogP contribution in [0.2, 0.25) is 0 Å². The molecule has 0 aromatic rings. The Labute approximate surface area is 151 Å². The zero-order valence-corrected chi connectivity index (χ0v) is 16.2. The molecule has 3 aliphatic carbocycles. The molecule has 0 aliphatic heterocycles. The molecular weight excluding hydrogens is 292 g/mol. The van der Waals surface area contributed by atoms with E-state index in [1.807, 2.05) is 0 Å². The minimum absolute atomic E-state index is 0.0180. The maximum absolute atomic E-state index is 9.97. The minimum atomic E-state index is 0.0180. The van der Waals surface area contributed by atoms with Gasteiger partial charge in [0.25, 0.3) is 0 Å². The van der Waals surface area contributed by atoms with Crippen LogP contribution < -0.4 is 0 Å². The van der Waals surface area contributed by atoms with Crippen LogP contribution in [0.3, 0.4) is 0 Å². The van der Waals surface area contributed by atoms with E-state index in [4.69, 9.17) is 0 Å². The van der Waals surface area contributed by atoms with Crippen LogP contribution in [-0.4, -0.2) is 11.2 Å². The zero-order chi connectivity index (χ0) is 16.8. The third-order valence-corrected chi connectivity index (χ3v) is 7.94. The first-order chi connectivity index (χ1) is 11.8. The highest BCUT2D eigenvalue weighted by atomic mass is 16.3. The van der Waals surface area contributed by atoms with E-state index in [1.165, 1.54) is 89.9 Å². The summed E-state index contributed by atoms with van der Waals surface area (Å²) in [5, 5.41) is 9.97. The van der Waals surface area contributed by atoms with Crippen molar-refractivity contribution in [3.8, 4) is 0 Å². The fraction of sp³-hybridized carbons (Fsp3) is 1.00. The summed E-state index contributed by atoms with van der Waals surface area (Å²) in [5.41, 5.74) is 0. The van der Waals surface area contributed by atoms with E-state index in [2.05, 4.69) is 6.92 Å². The molecule has 24 heavy (non-hydrogen) atoms. The molecule has 0 amide bonds. The Kier molecular flexibility index (Phi) is 7.50. The lowest BCUT2D eigenvalue weighted by Crippen LogP contribution is -2.31. The van der Waals surface area contributed by atoms with Gasteiger partial charge in [0.05, 0.1) is 6.10 Å². The smallest absolute Gasteiger partial charge is 0.0543 e. The molecule has 0 aromatic heterocycles. The molecule has 0 spiro atoms. The van der Waals surface area contributed by atoms with Gasteiger partial charge in [0, 0.05) is 0 Å². The largest absolute Gasteiger partial charge is 0.393 e. The lowest BCUT2D eigenvalue weighted by Gasteiger charge is -2.41. The lowest BCUT2D eigenvalue weighted by molar-refractivity contribution is 0.0554. The van der Waals surface area contributed by atoms with E-state index in [0.717, 1.165) is 42.4 Å². The maximum atomic E-state index is 9.97. The third kappa shape index (κ3) is 5.23. The van der Waals surface area contributed by atoms with Gasteiger partial charge in [-0.15, -0.1) is 0 Å². The molecule has 0 bridgehead atoms. The Morgan fingerprint density at radius 3 is 1.83 bits per heavy atom. The predicted octanol–water partition coefficient (Wildman–Crippen LogP) is 6.73. The number of aliphatic hydroxyl groups is 1. The van der Waals surface area contributed by atoms with Crippen molar-refractivity contribution >= 4 is 0 Å². The Hall–Kier alpha value is -0.0400.